The number of nitrogens with one attached hydrogen (secondary N) is 1. The lowest BCUT2D eigenvalue weighted by Crippen LogP contribution is -2.28. The van der Waals surface area contributed by atoms with Crippen molar-refractivity contribution in [3.05, 3.63) is 59.7 Å². The Kier molecular flexibility index (Phi) is 5.18. The Hall–Kier alpha value is -3.66. The van der Waals surface area contributed by atoms with E-state index in [0.717, 1.165) is 0 Å². The summed E-state index contributed by atoms with van der Waals surface area (Å²) in [5, 5.41) is 12.0. The van der Waals surface area contributed by atoms with Gasteiger partial charge in [0.1, 0.15) is 6.07 Å². The molecule has 3 rings (SSSR count). The van der Waals surface area contributed by atoms with Gasteiger partial charge < -0.3 is 15.0 Å². The number of benzene rings is 2. The molecule has 7 heteroatoms. The van der Waals surface area contributed by atoms with E-state index in [-0.39, 0.29) is 24.8 Å². The lowest BCUT2D eigenvalue weighted by atomic mass is 10.1. The second kappa shape index (κ2) is 7.70. The van der Waals surface area contributed by atoms with Crippen LogP contribution in [0.3, 0.4) is 0 Å². The molecule has 1 saturated heterocycles. The van der Waals surface area contributed by atoms with E-state index in [9.17, 15) is 19.6 Å². The zero-order valence-electron chi connectivity index (χ0n) is 14.6. The average molecular weight is 363 g/mol. The van der Waals surface area contributed by atoms with E-state index in [1.54, 1.807) is 42.5 Å². The van der Waals surface area contributed by atoms with Gasteiger partial charge in [-0.1, -0.05) is 18.2 Å². The molecule has 7 nitrogen and oxygen atoms in total. The number of ether oxygens (including phenoxy) is 1. The third-order valence-corrected chi connectivity index (χ3v) is 4.36. The van der Waals surface area contributed by atoms with E-state index in [2.05, 4.69) is 16.1 Å². The molecule has 1 N–H and O–H groups in total. The summed E-state index contributed by atoms with van der Waals surface area (Å²) in [6, 6.07) is 15.2. The summed E-state index contributed by atoms with van der Waals surface area (Å²) in [7, 11) is 1.28. The first-order chi connectivity index (χ1) is 13.0. The molecule has 1 unspecified atom stereocenters. The predicted molar refractivity (Wildman–Crippen MR) is 98.0 cm³/mol. The van der Waals surface area contributed by atoms with Gasteiger partial charge in [-0.2, -0.15) is 5.26 Å². The molecule has 2 aromatic rings. The summed E-state index contributed by atoms with van der Waals surface area (Å²) < 4.78 is 4.67. The van der Waals surface area contributed by atoms with E-state index in [4.69, 9.17) is 0 Å². The van der Waals surface area contributed by atoms with Gasteiger partial charge in [0, 0.05) is 18.7 Å². The fourth-order valence-electron chi connectivity index (χ4n) is 3.01. The normalized spacial score (nSPS) is 15.9. The first-order valence-corrected chi connectivity index (χ1v) is 8.32. The summed E-state index contributed by atoms with van der Waals surface area (Å²) in [6.07, 6.45) is 0.0578. The number of para-hydroxylation sites is 1. The number of hydrogen-bond donors (Lipinski definition) is 1. The minimum Gasteiger partial charge on any atom is -0.465 e. The molecule has 1 heterocycles. The highest BCUT2D eigenvalue weighted by Gasteiger charge is 2.36. The summed E-state index contributed by atoms with van der Waals surface area (Å²) in [4.78, 5) is 38.0. The van der Waals surface area contributed by atoms with Crippen molar-refractivity contribution in [1.82, 2.24) is 0 Å². The molecule has 0 saturated carbocycles. The van der Waals surface area contributed by atoms with E-state index in [1.807, 2.05) is 0 Å². The van der Waals surface area contributed by atoms with Crippen LogP contribution in [0.15, 0.2) is 48.5 Å². The summed E-state index contributed by atoms with van der Waals surface area (Å²) in [5.74, 6) is -1.57. The summed E-state index contributed by atoms with van der Waals surface area (Å²) in [5.41, 5.74) is 1.67. The average Bonchev–Trinajstić information content (AvgIpc) is 3.09. The first-order valence-electron chi connectivity index (χ1n) is 8.32. The van der Waals surface area contributed by atoms with Gasteiger partial charge in [-0.15, -0.1) is 0 Å². The Bertz CT molecular complexity index is 948. The van der Waals surface area contributed by atoms with Crippen molar-refractivity contribution in [2.75, 3.05) is 23.9 Å². The molecule has 0 aromatic heterocycles. The number of carbonyl (C=O) groups is 3. The lowest BCUT2D eigenvalue weighted by Gasteiger charge is -2.18. The maximum atomic E-state index is 12.6. The lowest BCUT2D eigenvalue weighted by molar-refractivity contribution is -0.122. The van der Waals surface area contributed by atoms with Crippen LogP contribution in [0.5, 0.6) is 0 Å². The number of nitrogens with zero attached hydrogens (tertiary/aromatic N) is 2. The zero-order chi connectivity index (χ0) is 19.4. The third-order valence-electron chi connectivity index (χ3n) is 4.36. The monoisotopic (exact) mass is 363 g/mol. The number of carbonyl (C=O) groups excluding carboxylic acids is 3. The van der Waals surface area contributed by atoms with Crippen LogP contribution < -0.4 is 10.2 Å². The van der Waals surface area contributed by atoms with Crippen molar-refractivity contribution in [2.45, 2.75) is 6.42 Å². The van der Waals surface area contributed by atoms with Gasteiger partial charge in [-0.05, 0) is 30.3 Å². The van der Waals surface area contributed by atoms with Gasteiger partial charge in [0.05, 0.1) is 29.8 Å². The number of anilines is 2. The van der Waals surface area contributed by atoms with Gasteiger partial charge in [-0.25, -0.2) is 4.79 Å². The number of rotatable bonds is 4. The molecule has 136 valence electrons. The van der Waals surface area contributed by atoms with Crippen LogP contribution in [0.25, 0.3) is 0 Å². The van der Waals surface area contributed by atoms with Crippen molar-refractivity contribution in [1.29, 1.82) is 5.26 Å². The Morgan fingerprint density at radius 2 is 2.00 bits per heavy atom. The standard InChI is InChI=1S/C20H17N3O4/c1-27-20(26)13-6-4-7-16(9-13)22-19(25)15-10-18(24)23(12-15)17-8-3-2-5-14(17)11-21/h2-9,15H,10,12H2,1H3,(H,22,25). The number of esters is 1. The highest BCUT2D eigenvalue weighted by molar-refractivity contribution is 6.04. The third kappa shape index (κ3) is 3.80. The highest BCUT2D eigenvalue weighted by Crippen LogP contribution is 2.28. The smallest absolute Gasteiger partial charge is 0.337 e. The number of hydrogen-bond acceptors (Lipinski definition) is 5. The van der Waals surface area contributed by atoms with Crippen LogP contribution in [-0.2, 0) is 14.3 Å². The number of amides is 2. The maximum absolute atomic E-state index is 12.6. The fourth-order valence-corrected chi connectivity index (χ4v) is 3.01. The molecule has 2 aromatic carbocycles. The first kappa shape index (κ1) is 18.1. The van der Waals surface area contributed by atoms with Crippen molar-refractivity contribution in [2.24, 2.45) is 5.92 Å². The van der Waals surface area contributed by atoms with Gasteiger partial charge in [-0.3, -0.25) is 9.59 Å². The minimum atomic E-state index is -0.550. The SMILES string of the molecule is COC(=O)c1cccc(NC(=O)C2CC(=O)N(c3ccccc3C#N)C2)c1. The molecule has 0 spiro atoms. The second-order valence-electron chi connectivity index (χ2n) is 6.10. The van der Waals surface area contributed by atoms with Gasteiger partial charge in [0.15, 0.2) is 0 Å². The van der Waals surface area contributed by atoms with Crippen molar-refractivity contribution in [3.8, 4) is 6.07 Å². The van der Waals surface area contributed by atoms with Crippen LogP contribution in [0, 0.1) is 17.2 Å². The number of methoxy groups -OCH3 is 1. The van der Waals surface area contributed by atoms with Crippen LogP contribution in [0.2, 0.25) is 0 Å². The van der Waals surface area contributed by atoms with E-state index < -0.39 is 11.9 Å². The predicted octanol–water partition coefficient (Wildman–Crippen LogP) is 2.34. The fraction of sp³-hybridized carbons (Fsp3) is 0.200. The second-order valence-corrected chi connectivity index (χ2v) is 6.10. The van der Waals surface area contributed by atoms with E-state index in [1.165, 1.54) is 18.1 Å². The minimum absolute atomic E-state index is 0.0578. The van der Waals surface area contributed by atoms with Crippen LogP contribution >= 0.6 is 0 Å². The molecule has 0 aliphatic carbocycles. The topological polar surface area (TPSA) is 99.5 Å². The molecule has 0 bridgehead atoms. The molecule has 1 aliphatic heterocycles. The largest absolute Gasteiger partial charge is 0.465 e. The Balaban J connectivity index is 1.73. The zero-order valence-corrected chi connectivity index (χ0v) is 14.6. The van der Waals surface area contributed by atoms with E-state index in [0.29, 0.717) is 22.5 Å². The molecule has 1 atom stereocenters. The Labute approximate surface area is 156 Å². The number of nitriles is 1. The molecular formula is C20H17N3O4. The van der Waals surface area contributed by atoms with Gasteiger partial charge in [0.25, 0.3) is 0 Å². The van der Waals surface area contributed by atoms with Crippen molar-refractivity contribution < 1.29 is 19.1 Å². The van der Waals surface area contributed by atoms with Gasteiger partial charge >= 0.3 is 5.97 Å². The van der Waals surface area contributed by atoms with Crippen molar-refractivity contribution in [3.63, 3.8) is 0 Å². The van der Waals surface area contributed by atoms with Crippen LogP contribution in [0.4, 0.5) is 11.4 Å². The Morgan fingerprint density at radius 1 is 1.22 bits per heavy atom. The van der Waals surface area contributed by atoms with Crippen LogP contribution in [-0.4, -0.2) is 31.4 Å². The summed E-state index contributed by atoms with van der Waals surface area (Å²) in [6.45, 7) is 0.194. The summed E-state index contributed by atoms with van der Waals surface area (Å²) >= 11 is 0. The van der Waals surface area contributed by atoms with Crippen LogP contribution in [0.1, 0.15) is 22.3 Å². The highest BCUT2D eigenvalue weighted by atomic mass is 16.5. The van der Waals surface area contributed by atoms with Gasteiger partial charge in [0.2, 0.25) is 11.8 Å². The van der Waals surface area contributed by atoms with E-state index >= 15 is 0 Å². The molecule has 1 fully saturated rings. The molecule has 2 amide bonds. The molecular weight excluding hydrogens is 346 g/mol. The quantitative estimate of drug-likeness (QED) is 0.841. The van der Waals surface area contributed by atoms with Crippen molar-refractivity contribution >= 4 is 29.2 Å². The maximum Gasteiger partial charge on any atom is 0.337 e. The Morgan fingerprint density at radius 3 is 2.74 bits per heavy atom. The molecule has 1 aliphatic rings. The molecule has 0 radical (unpaired) electrons. The molecule has 27 heavy (non-hydrogen) atoms.